The Balaban J connectivity index is 1.53. The van der Waals surface area contributed by atoms with Crippen LogP contribution in [0.3, 0.4) is 0 Å². The molecule has 0 bridgehead atoms. The lowest BCUT2D eigenvalue weighted by molar-refractivity contribution is -0.119. The molecule has 1 aliphatic rings. The maximum Gasteiger partial charge on any atom is 0.264 e. The number of nitrogens with one attached hydrogen (secondary N) is 1. The minimum absolute atomic E-state index is 0.0310. The number of halogens is 1. The number of sulfonamides is 1. The fourth-order valence-corrected chi connectivity index (χ4v) is 5.72. The molecular formula is C27H30ClN3O4S. The zero-order chi connectivity index (χ0) is 25.5. The topological polar surface area (TPSA) is 79.0 Å². The summed E-state index contributed by atoms with van der Waals surface area (Å²) < 4.78 is 34.0. The van der Waals surface area contributed by atoms with E-state index in [1.165, 1.54) is 42.8 Å². The molecule has 0 saturated carbocycles. The van der Waals surface area contributed by atoms with Gasteiger partial charge in [-0.2, -0.15) is 0 Å². The number of carbonyl (C=O) groups excluding carboxylic acids is 1. The molecule has 1 amide bonds. The third kappa shape index (κ3) is 6.12. The van der Waals surface area contributed by atoms with Crippen LogP contribution in [-0.4, -0.2) is 40.6 Å². The van der Waals surface area contributed by atoms with Crippen molar-refractivity contribution >= 4 is 38.9 Å². The normalized spacial score (nSPS) is 13.4. The Bertz CT molecular complexity index is 1280. The Morgan fingerprint density at radius 3 is 2.33 bits per heavy atom. The summed E-state index contributed by atoms with van der Waals surface area (Å²) in [6.07, 6.45) is 2.42. The molecule has 4 rings (SSSR count). The molecule has 1 fully saturated rings. The lowest BCUT2D eigenvalue weighted by Crippen LogP contribution is -2.40. The van der Waals surface area contributed by atoms with Crippen LogP contribution in [0.2, 0.25) is 5.02 Å². The smallest absolute Gasteiger partial charge is 0.264 e. The Hall–Kier alpha value is -3.23. The van der Waals surface area contributed by atoms with Gasteiger partial charge in [-0.05, 0) is 73.9 Å². The second-order valence-electron chi connectivity index (χ2n) is 8.50. The molecule has 190 valence electrons. The molecule has 1 aliphatic heterocycles. The van der Waals surface area contributed by atoms with E-state index in [1.54, 1.807) is 24.3 Å². The van der Waals surface area contributed by atoms with Gasteiger partial charge in [0.05, 0.1) is 17.2 Å². The molecule has 3 aromatic rings. The number of anilines is 2. The Kier molecular flexibility index (Phi) is 8.38. The largest absolute Gasteiger partial charge is 0.492 e. The van der Waals surface area contributed by atoms with Crippen molar-refractivity contribution in [3.8, 4) is 5.75 Å². The van der Waals surface area contributed by atoms with Gasteiger partial charge in [0.25, 0.3) is 10.0 Å². The number of hydrogen-bond donors (Lipinski definition) is 1. The molecule has 0 aliphatic carbocycles. The maximum absolute atomic E-state index is 13.6. The number of rotatable bonds is 10. The van der Waals surface area contributed by atoms with Gasteiger partial charge in [-0.25, -0.2) is 8.42 Å². The van der Waals surface area contributed by atoms with E-state index in [2.05, 4.69) is 22.3 Å². The summed E-state index contributed by atoms with van der Waals surface area (Å²) in [6, 6.07) is 20.7. The summed E-state index contributed by atoms with van der Waals surface area (Å²) in [6.45, 7) is 4.19. The van der Waals surface area contributed by atoms with Gasteiger partial charge in [0.15, 0.2) is 0 Å². The third-order valence-corrected chi connectivity index (χ3v) is 8.05. The summed E-state index contributed by atoms with van der Waals surface area (Å²) in [5, 5.41) is 3.27. The average molecular weight is 528 g/mol. The first-order valence-electron chi connectivity index (χ1n) is 12.0. The van der Waals surface area contributed by atoms with E-state index in [9.17, 15) is 13.2 Å². The van der Waals surface area contributed by atoms with Crippen LogP contribution >= 0.6 is 11.6 Å². The molecule has 0 atom stereocenters. The molecule has 1 saturated heterocycles. The van der Waals surface area contributed by atoms with E-state index in [4.69, 9.17) is 16.3 Å². The van der Waals surface area contributed by atoms with Crippen LogP contribution < -0.4 is 19.3 Å². The first-order valence-corrected chi connectivity index (χ1v) is 13.8. The maximum atomic E-state index is 13.6. The van der Waals surface area contributed by atoms with Gasteiger partial charge in [-0.3, -0.25) is 9.10 Å². The van der Waals surface area contributed by atoms with E-state index in [-0.39, 0.29) is 4.90 Å². The molecule has 1 heterocycles. The predicted octanol–water partition coefficient (Wildman–Crippen LogP) is 4.85. The fraction of sp³-hybridized carbons (Fsp3) is 0.296. The van der Waals surface area contributed by atoms with Crippen molar-refractivity contribution in [3.63, 3.8) is 0 Å². The summed E-state index contributed by atoms with van der Waals surface area (Å²) in [5.41, 5.74) is 2.41. The third-order valence-electron chi connectivity index (χ3n) is 6.02. The molecule has 0 radical (unpaired) electrons. The van der Waals surface area contributed by atoms with Gasteiger partial charge in [0, 0.05) is 30.3 Å². The highest BCUT2D eigenvalue weighted by Gasteiger charge is 2.29. The molecule has 36 heavy (non-hydrogen) atoms. The monoisotopic (exact) mass is 527 g/mol. The highest BCUT2D eigenvalue weighted by atomic mass is 35.5. The average Bonchev–Trinajstić information content (AvgIpc) is 3.42. The van der Waals surface area contributed by atoms with Crippen LogP contribution in [0.15, 0.2) is 77.7 Å². The fourth-order valence-electron chi connectivity index (χ4n) is 4.16. The van der Waals surface area contributed by atoms with E-state index in [0.29, 0.717) is 29.6 Å². The number of para-hydroxylation sites is 2. The van der Waals surface area contributed by atoms with Crippen LogP contribution in [-0.2, 0) is 21.4 Å². The van der Waals surface area contributed by atoms with Crippen molar-refractivity contribution in [1.82, 2.24) is 5.32 Å². The summed E-state index contributed by atoms with van der Waals surface area (Å²) in [4.78, 5) is 15.4. The van der Waals surface area contributed by atoms with E-state index >= 15 is 0 Å². The number of ether oxygens (including phenoxy) is 1. The van der Waals surface area contributed by atoms with Crippen LogP contribution in [0.25, 0.3) is 0 Å². The van der Waals surface area contributed by atoms with Crippen molar-refractivity contribution in [2.45, 2.75) is 31.2 Å². The van der Waals surface area contributed by atoms with Gasteiger partial charge in [-0.15, -0.1) is 0 Å². The summed E-state index contributed by atoms with van der Waals surface area (Å²) in [7, 11) is -4.08. The minimum atomic E-state index is -4.08. The summed E-state index contributed by atoms with van der Waals surface area (Å²) >= 11 is 5.96. The number of benzene rings is 3. The zero-order valence-corrected chi connectivity index (χ0v) is 21.8. The van der Waals surface area contributed by atoms with Crippen molar-refractivity contribution in [1.29, 1.82) is 0 Å². The molecule has 0 unspecified atom stereocenters. The van der Waals surface area contributed by atoms with Crippen LogP contribution in [0.1, 0.15) is 25.3 Å². The molecule has 1 N–H and O–H groups in total. The number of carbonyl (C=O) groups is 1. The van der Waals surface area contributed by atoms with Gasteiger partial charge < -0.3 is 15.0 Å². The Morgan fingerprint density at radius 2 is 1.67 bits per heavy atom. The number of amides is 1. The Morgan fingerprint density at radius 1 is 1.00 bits per heavy atom. The van der Waals surface area contributed by atoms with Crippen LogP contribution in [0, 0.1) is 0 Å². The highest BCUT2D eigenvalue weighted by molar-refractivity contribution is 7.92. The lowest BCUT2D eigenvalue weighted by Gasteiger charge is -2.26. The first-order chi connectivity index (χ1) is 17.4. The SMILES string of the molecule is CCOc1ccccc1N(CC(=O)NCc1ccc(N2CCCC2)cc1)S(=O)(=O)c1ccc(Cl)cc1. The number of hydrogen-bond acceptors (Lipinski definition) is 5. The predicted molar refractivity (Wildman–Crippen MR) is 143 cm³/mol. The van der Waals surface area contributed by atoms with Gasteiger partial charge in [0.2, 0.25) is 5.91 Å². The van der Waals surface area contributed by atoms with Crippen molar-refractivity contribution in [2.24, 2.45) is 0 Å². The summed E-state index contributed by atoms with van der Waals surface area (Å²) in [5.74, 6) is -0.0506. The molecule has 0 aromatic heterocycles. The van der Waals surface area contributed by atoms with Gasteiger partial charge in [0.1, 0.15) is 12.3 Å². The van der Waals surface area contributed by atoms with Crippen molar-refractivity contribution in [3.05, 3.63) is 83.4 Å². The number of nitrogens with zero attached hydrogens (tertiary/aromatic N) is 2. The molecule has 0 spiro atoms. The second-order valence-corrected chi connectivity index (χ2v) is 10.8. The van der Waals surface area contributed by atoms with E-state index < -0.39 is 22.5 Å². The lowest BCUT2D eigenvalue weighted by atomic mass is 10.2. The van der Waals surface area contributed by atoms with Gasteiger partial charge >= 0.3 is 0 Å². The van der Waals surface area contributed by atoms with Crippen molar-refractivity contribution < 1.29 is 17.9 Å². The zero-order valence-electron chi connectivity index (χ0n) is 20.2. The quantitative estimate of drug-likeness (QED) is 0.408. The van der Waals surface area contributed by atoms with E-state index in [0.717, 1.165) is 23.0 Å². The minimum Gasteiger partial charge on any atom is -0.492 e. The standard InChI is InChI=1S/C27H30ClN3O4S/c1-2-35-26-8-4-3-7-25(26)31(36(33,34)24-15-11-22(28)12-16-24)20-27(32)29-19-21-9-13-23(14-10-21)30-17-5-6-18-30/h3-4,7-16H,2,5-6,17-20H2,1H3,(H,29,32). The van der Waals surface area contributed by atoms with Crippen LogP contribution in [0.4, 0.5) is 11.4 Å². The second kappa shape index (κ2) is 11.7. The molecular weight excluding hydrogens is 498 g/mol. The first kappa shape index (κ1) is 25.9. The van der Waals surface area contributed by atoms with Crippen molar-refractivity contribution in [2.75, 3.05) is 35.4 Å². The highest BCUT2D eigenvalue weighted by Crippen LogP contribution is 2.32. The Labute approximate surface area is 217 Å². The van der Waals surface area contributed by atoms with Crippen LogP contribution in [0.5, 0.6) is 5.75 Å². The molecule has 7 nitrogen and oxygen atoms in total. The van der Waals surface area contributed by atoms with E-state index in [1.807, 2.05) is 19.1 Å². The molecule has 3 aromatic carbocycles. The molecule has 9 heteroatoms. The van der Waals surface area contributed by atoms with Gasteiger partial charge in [-0.1, -0.05) is 35.9 Å².